The molecular weight excluding hydrogens is 144 g/mol. The fraction of sp³-hybridized carbons (Fsp3) is 0.167. The van der Waals surface area contributed by atoms with Gasteiger partial charge in [-0.25, -0.2) is 0 Å². The zero-order chi connectivity index (χ0) is 8.43. The van der Waals surface area contributed by atoms with E-state index >= 15 is 0 Å². The van der Waals surface area contributed by atoms with Crippen LogP contribution in [-0.4, -0.2) is 16.0 Å². The van der Waals surface area contributed by atoms with Gasteiger partial charge < -0.3 is 11.5 Å². The Morgan fingerprint density at radius 2 is 2.09 bits per heavy atom. The van der Waals surface area contributed by atoms with Crippen molar-refractivity contribution in [3.63, 3.8) is 0 Å². The summed E-state index contributed by atoms with van der Waals surface area (Å²) in [5, 5.41) is 7.02. The first-order chi connectivity index (χ1) is 5.11. The first-order valence-electron chi connectivity index (χ1n) is 3.01. The number of hydrogen-bond acceptors (Lipinski definition) is 5. The van der Waals surface area contributed by atoms with Crippen molar-refractivity contribution in [2.45, 2.75) is 6.92 Å². The Kier molecular flexibility index (Phi) is 1.72. The zero-order valence-electron chi connectivity index (χ0n) is 6.03. The van der Waals surface area contributed by atoms with Crippen molar-refractivity contribution in [1.82, 2.24) is 10.2 Å². The zero-order valence-corrected chi connectivity index (χ0v) is 6.03. The summed E-state index contributed by atoms with van der Waals surface area (Å²) in [6, 6.07) is 1.41. The molecule has 0 aliphatic carbocycles. The van der Waals surface area contributed by atoms with Gasteiger partial charge in [-0.2, -0.15) is 0 Å². The van der Waals surface area contributed by atoms with E-state index in [-0.39, 0.29) is 23.0 Å². The van der Waals surface area contributed by atoms with E-state index in [9.17, 15) is 4.79 Å². The topological polar surface area (TPSA) is 94.9 Å². The van der Waals surface area contributed by atoms with Gasteiger partial charge in [-0.05, 0) is 0 Å². The maximum Gasteiger partial charge on any atom is 0.182 e. The molecule has 0 spiro atoms. The number of Topliss-reactive ketones (excluding diaryl/α,β-unsaturated/α-hetero) is 1. The molecule has 0 amide bonds. The van der Waals surface area contributed by atoms with E-state index in [1.165, 1.54) is 13.0 Å². The minimum absolute atomic E-state index is 0.166. The predicted octanol–water partition coefficient (Wildman–Crippen LogP) is -0.156. The fourth-order valence-electron chi connectivity index (χ4n) is 0.696. The summed E-state index contributed by atoms with van der Waals surface area (Å²) < 4.78 is 0. The highest BCUT2D eigenvalue weighted by Crippen LogP contribution is 2.09. The molecule has 58 valence electrons. The van der Waals surface area contributed by atoms with Crippen LogP contribution in [0.3, 0.4) is 0 Å². The molecule has 11 heavy (non-hydrogen) atoms. The predicted molar refractivity (Wildman–Crippen MR) is 40.9 cm³/mol. The third-order valence-electron chi connectivity index (χ3n) is 1.18. The third-order valence-corrected chi connectivity index (χ3v) is 1.18. The number of nitrogens with two attached hydrogens (primary N) is 2. The summed E-state index contributed by atoms with van der Waals surface area (Å²) in [4.78, 5) is 10.8. The highest BCUT2D eigenvalue weighted by atomic mass is 16.1. The lowest BCUT2D eigenvalue weighted by Crippen LogP contribution is -2.06. The van der Waals surface area contributed by atoms with Crippen LogP contribution in [0.1, 0.15) is 17.4 Å². The smallest absolute Gasteiger partial charge is 0.182 e. The third kappa shape index (κ3) is 1.43. The molecule has 0 saturated carbocycles. The van der Waals surface area contributed by atoms with E-state index in [1.54, 1.807) is 0 Å². The molecule has 0 unspecified atom stereocenters. The summed E-state index contributed by atoms with van der Waals surface area (Å²) in [6.45, 7) is 1.37. The molecule has 0 radical (unpaired) electrons. The molecule has 0 atom stereocenters. The molecule has 0 saturated heterocycles. The van der Waals surface area contributed by atoms with Gasteiger partial charge in [0, 0.05) is 13.0 Å². The maximum absolute atomic E-state index is 10.8. The summed E-state index contributed by atoms with van der Waals surface area (Å²) in [5.74, 6) is 0.00231. The lowest BCUT2D eigenvalue weighted by atomic mass is 10.2. The number of hydrogen-bond donors (Lipinski definition) is 2. The Balaban J connectivity index is 3.20. The van der Waals surface area contributed by atoms with Gasteiger partial charge in [0.1, 0.15) is 5.82 Å². The first kappa shape index (κ1) is 7.46. The Bertz CT molecular complexity index is 297. The molecule has 1 aromatic heterocycles. The van der Waals surface area contributed by atoms with E-state index in [2.05, 4.69) is 10.2 Å². The Labute approximate surface area is 63.4 Å². The molecule has 0 aromatic carbocycles. The molecule has 1 aromatic rings. The van der Waals surface area contributed by atoms with Gasteiger partial charge in [-0.1, -0.05) is 0 Å². The SMILES string of the molecule is CC(=O)c1nnc(N)cc1N. The number of rotatable bonds is 1. The van der Waals surface area contributed by atoms with Crippen LogP contribution in [0.15, 0.2) is 6.07 Å². The molecule has 1 heterocycles. The van der Waals surface area contributed by atoms with Crippen molar-refractivity contribution in [2.24, 2.45) is 0 Å². The van der Waals surface area contributed by atoms with Gasteiger partial charge in [-0.3, -0.25) is 4.79 Å². The van der Waals surface area contributed by atoms with E-state index < -0.39 is 0 Å². The van der Waals surface area contributed by atoms with Crippen LogP contribution < -0.4 is 11.5 Å². The van der Waals surface area contributed by atoms with Crippen molar-refractivity contribution in [2.75, 3.05) is 11.5 Å². The summed E-state index contributed by atoms with van der Waals surface area (Å²) in [5.41, 5.74) is 11.1. The highest BCUT2D eigenvalue weighted by molar-refractivity contribution is 5.97. The average molecular weight is 152 g/mol. The van der Waals surface area contributed by atoms with Crippen molar-refractivity contribution in [3.8, 4) is 0 Å². The van der Waals surface area contributed by atoms with Gasteiger partial charge in [0.15, 0.2) is 11.5 Å². The molecule has 5 nitrogen and oxygen atoms in total. The minimum atomic E-state index is -0.213. The highest BCUT2D eigenvalue weighted by Gasteiger charge is 2.06. The normalized spacial score (nSPS) is 9.55. The van der Waals surface area contributed by atoms with Crippen molar-refractivity contribution >= 4 is 17.3 Å². The fourth-order valence-corrected chi connectivity index (χ4v) is 0.696. The summed E-state index contributed by atoms with van der Waals surface area (Å²) in [7, 11) is 0. The Morgan fingerprint density at radius 1 is 1.45 bits per heavy atom. The average Bonchev–Trinajstić information content (AvgIpc) is 1.85. The van der Waals surface area contributed by atoms with Crippen molar-refractivity contribution < 1.29 is 4.79 Å². The summed E-state index contributed by atoms with van der Waals surface area (Å²) in [6.07, 6.45) is 0. The number of anilines is 2. The molecule has 4 N–H and O–H groups in total. The largest absolute Gasteiger partial charge is 0.397 e. The number of nitrogen functional groups attached to an aromatic ring is 2. The number of nitrogens with zero attached hydrogens (tertiary/aromatic N) is 2. The van der Waals surface area contributed by atoms with Crippen molar-refractivity contribution in [1.29, 1.82) is 0 Å². The second-order valence-electron chi connectivity index (χ2n) is 2.13. The monoisotopic (exact) mass is 152 g/mol. The van der Waals surface area contributed by atoms with Gasteiger partial charge >= 0.3 is 0 Å². The van der Waals surface area contributed by atoms with Crippen LogP contribution in [0.25, 0.3) is 0 Å². The van der Waals surface area contributed by atoms with Crippen LogP contribution in [-0.2, 0) is 0 Å². The second kappa shape index (κ2) is 2.53. The number of aromatic nitrogens is 2. The van der Waals surface area contributed by atoms with Crippen LogP contribution in [0, 0.1) is 0 Å². The molecule has 0 bridgehead atoms. The van der Waals surface area contributed by atoms with E-state index in [0.29, 0.717) is 0 Å². The lowest BCUT2D eigenvalue weighted by molar-refractivity contribution is 0.101. The molecule has 0 fully saturated rings. The summed E-state index contributed by atoms with van der Waals surface area (Å²) >= 11 is 0. The number of ketones is 1. The van der Waals surface area contributed by atoms with Gasteiger partial charge in [0.05, 0.1) is 5.69 Å². The molecular formula is C6H8N4O. The second-order valence-corrected chi connectivity index (χ2v) is 2.13. The van der Waals surface area contributed by atoms with E-state index in [0.717, 1.165) is 0 Å². The number of carbonyl (C=O) groups is 1. The van der Waals surface area contributed by atoms with Gasteiger partial charge in [0.25, 0.3) is 0 Å². The standard InChI is InChI=1S/C6H8N4O/c1-3(11)6-4(7)2-5(8)9-10-6/h2H,1H3,(H4,7,8,9). The van der Waals surface area contributed by atoms with Crippen LogP contribution >= 0.6 is 0 Å². The molecule has 1 rings (SSSR count). The van der Waals surface area contributed by atoms with E-state index in [4.69, 9.17) is 11.5 Å². The van der Waals surface area contributed by atoms with Crippen molar-refractivity contribution in [3.05, 3.63) is 11.8 Å². The van der Waals surface area contributed by atoms with Crippen LogP contribution in [0.2, 0.25) is 0 Å². The molecule has 5 heteroatoms. The van der Waals surface area contributed by atoms with E-state index in [1.807, 2.05) is 0 Å². The van der Waals surface area contributed by atoms with Gasteiger partial charge in [0.2, 0.25) is 0 Å². The Morgan fingerprint density at radius 3 is 2.55 bits per heavy atom. The van der Waals surface area contributed by atoms with Gasteiger partial charge in [-0.15, -0.1) is 10.2 Å². The van der Waals surface area contributed by atoms with Crippen LogP contribution in [0.4, 0.5) is 11.5 Å². The Hall–Kier alpha value is -1.65. The molecule has 0 aliphatic heterocycles. The quantitative estimate of drug-likeness (QED) is 0.545. The van der Waals surface area contributed by atoms with Crippen LogP contribution in [0.5, 0.6) is 0 Å². The maximum atomic E-state index is 10.8. The molecule has 0 aliphatic rings. The first-order valence-corrected chi connectivity index (χ1v) is 3.01. The number of carbonyl (C=O) groups excluding carboxylic acids is 1. The minimum Gasteiger partial charge on any atom is -0.397 e. The lowest BCUT2D eigenvalue weighted by Gasteiger charge is -1.98.